The smallest absolute Gasteiger partial charge is 0.244 e. The van der Waals surface area contributed by atoms with Crippen LogP contribution in [0.2, 0.25) is 0 Å². The van der Waals surface area contributed by atoms with Gasteiger partial charge in [-0.25, -0.2) is 0 Å². The summed E-state index contributed by atoms with van der Waals surface area (Å²) in [7, 11) is -4.37. The summed E-state index contributed by atoms with van der Waals surface area (Å²) in [5.74, 6) is -0.899. The Morgan fingerprint density at radius 3 is 1.49 bits per heavy atom. The van der Waals surface area contributed by atoms with E-state index < -0.39 is 24.1 Å². The van der Waals surface area contributed by atoms with E-state index in [9.17, 15) is 9.59 Å². The lowest BCUT2D eigenvalue weighted by atomic mass is 9.92. The molecule has 0 aromatic heterocycles. The number of carbonyl (C=O) groups is 2. The summed E-state index contributed by atoms with van der Waals surface area (Å²) in [5, 5.41) is 0.194. The molecule has 1 unspecified atom stereocenters. The zero-order valence-electron chi connectivity index (χ0n) is 20.4. The lowest BCUT2D eigenvalue weighted by molar-refractivity contribution is -0.112. The predicted octanol–water partition coefficient (Wildman–Crippen LogP) is 7.80. The Morgan fingerprint density at radius 2 is 1.08 bits per heavy atom. The van der Waals surface area contributed by atoms with Gasteiger partial charge in [0.1, 0.15) is 0 Å². The van der Waals surface area contributed by atoms with Crippen molar-refractivity contribution in [2.24, 2.45) is 0 Å². The highest BCUT2D eigenvalue weighted by molar-refractivity contribution is 8.00. The SMILES string of the molecule is C=Cc1cc(C=C)c(C(=O)P(=O)(C(=O)C(c2ccccc2)c2ccccc2)c2ccccc2)c(C=C)c1. The quantitative estimate of drug-likeness (QED) is 0.208. The van der Waals surface area contributed by atoms with Crippen molar-refractivity contribution in [3.05, 3.63) is 156 Å². The molecule has 4 aromatic carbocycles. The van der Waals surface area contributed by atoms with Crippen molar-refractivity contribution in [2.45, 2.75) is 5.92 Å². The van der Waals surface area contributed by atoms with Gasteiger partial charge in [-0.1, -0.05) is 129 Å². The Kier molecular flexibility index (Phi) is 7.77. The first-order chi connectivity index (χ1) is 17.9. The maximum atomic E-state index is 15.1. The highest BCUT2D eigenvalue weighted by atomic mass is 31.2. The van der Waals surface area contributed by atoms with Crippen LogP contribution in [0, 0.1) is 0 Å². The summed E-state index contributed by atoms with van der Waals surface area (Å²) in [6, 6.07) is 30.1. The molecule has 0 spiro atoms. The molecule has 4 heteroatoms. The first-order valence-electron chi connectivity index (χ1n) is 11.9. The van der Waals surface area contributed by atoms with E-state index in [4.69, 9.17) is 0 Å². The molecule has 0 fully saturated rings. The van der Waals surface area contributed by atoms with Crippen molar-refractivity contribution in [1.82, 2.24) is 0 Å². The van der Waals surface area contributed by atoms with Crippen LogP contribution in [-0.4, -0.2) is 11.0 Å². The first-order valence-corrected chi connectivity index (χ1v) is 13.6. The fourth-order valence-electron chi connectivity index (χ4n) is 4.49. The summed E-state index contributed by atoms with van der Waals surface area (Å²) in [6.45, 7) is 11.5. The largest absolute Gasteiger partial charge is 0.302 e. The molecule has 0 saturated carbocycles. The molecule has 0 bridgehead atoms. The van der Waals surface area contributed by atoms with Crippen LogP contribution in [0.4, 0.5) is 0 Å². The molecule has 0 saturated heterocycles. The highest BCUT2D eigenvalue weighted by Crippen LogP contribution is 2.54. The maximum absolute atomic E-state index is 15.1. The summed E-state index contributed by atoms with van der Waals surface area (Å²) in [5.41, 5.74) is 1.81. The van der Waals surface area contributed by atoms with Gasteiger partial charge in [0.05, 0.1) is 5.92 Å². The third-order valence-electron chi connectivity index (χ3n) is 6.34. The zero-order chi connectivity index (χ0) is 26.4. The molecule has 4 rings (SSSR count). The summed E-state index contributed by atoms with van der Waals surface area (Å²) in [4.78, 5) is 29.0. The molecule has 0 heterocycles. The van der Waals surface area contributed by atoms with E-state index in [0.717, 1.165) is 5.56 Å². The monoisotopic (exact) mass is 502 g/mol. The molecule has 37 heavy (non-hydrogen) atoms. The van der Waals surface area contributed by atoms with Crippen LogP contribution in [0.1, 0.15) is 44.1 Å². The molecule has 4 aromatic rings. The van der Waals surface area contributed by atoms with Crippen molar-refractivity contribution in [1.29, 1.82) is 0 Å². The number of carbonyl (C=O) groups excluding carboxylic acids is 2. The third kappa shape index (κ3) is 4.87. The topological polar surface area (TPSA) is 51.2 Å². The van der Waals surface area contributed by atoms with Gasteiger partial charge in [-0.15, -0.1) is 0 Å². The molecule has 3 nitrogen and oxygen atoms in total. The van der Waals surface area contributed by atoms with E-state index in [1.54, 1.807) is 48.5 Å². The fraction of sp³-hybridized carbons (Fsp3) is 0.0303. The van der Waals surface area contributed by atoms with Crippen molar-refractivity contribution in [2.75, 3.05) is 0 Å². The summed E-state index contributed by atoms with van der Waals surface area (Å²) < 4.78 is 15.1. The van der Waals surface area contributed by atoms with Gasteiger partial charge in [0.15, 0.2) is 0 Å². The zero-order valence-corrected chi connectivity index (χ0v) is 21.3. The van der Waals surface area contributed by atoms with E-state index in [1.165, 1.54) is 12.2 Å². The van der Waals surface area contributed by atoms with Crippen LogP contribution in [0.25, 0.3) is 18.2 Å². The van der Waals surface area contributed by atoms with Gasteiger partial charge < -0.3 is 4.57 Å². The second-order valence-electron chi connectivity index (χ2n) is 8.53. The van der Waals surface area contributed by atoms with Crippen LogP contribution in [0.3, 0.4) is 0 Å². The van der Waals surface area contributed by atoms with Crippen molar-refractivity contribution < 1.29 is 14.2 Å². The summed E-state index contributed by atoms with van der Waals surface area (Å²) in [6.07, 6.45) is 4.70. The van der Waals surface area contributed by atoms with E-state index in [0.29, 0.717) is 22.3 Å². The lowest BCUT2D eigenvalue weighted by Crippen LogP contribution is -2.26. The Balaban J connectivity index is 2.01. The minimum atomic E-state index is -4.37. The molecule has 0 N–H and O–H groups in total. The second kappa shape index (κ2) is 11.2. The molecule has 0 aliphatic carbocycles. The van der Waals surface area contributed by atoms with Crippen molar-refractivity contribution in [3.8, 4) is 0 Å². The van der Waals surface area contributed by atoms with Gasteiger partial charge >= 0.3 is 0 Å². The van der Waals surface area contributed by atoms with E-state index in [2.05, 4.69) is 19.7 Å². The van der Waals surface area contributed by atoms with Crippen molar-refractivity contribution in [3.63, 3.8) is 0 Å². The van der Waals surface area contributed by atoms with E-state index in [1.807, 2.05) is 60.7 Å². The fourth-order valence-corrected chi connectivity index (χ4v) is 7.00. The molecule has 0 amide bonds. The number of rotatable bonds is 10. The Labute approximate surface area is 217 Å². The Morgan fingerprint density at radius 1 is 0.649 bits per heavy atom. The van der Waals surface area contributed by atoms with Gasteiger partial charge in [0, 0.05) is 10.9 Å². The number of hydrogen-bond donors (Lipinski definition) is 0. The predicted molar refractivity (Wildman–Crippen MR) is 154 cm³/mol. The molecule has 182 valence electrons. The molecule has 0 aliphatic rings. The van der Waals surface area contributed by atoms with E-state index >= 15 is 4.57 Å². The average Bonchev–Trinajstić information content (AvgIpc) is 2.97. The third-order valence-corrected chi connectivity index (χ3v) is 9.04. The molecule has 0 aliphatic heterocycles. The van der Waals surface area contributed by atoms with Crippen LogP contribution < -0.4 is 5.30 Å². The van der Waals surface area contributed by atoms with Gasteiger partial charge in [-0.2, -0.15) is 0 Å². The van der Waals surface area contributed by atoms with Gasteiger partial charge in [0.2, 0.25) is 18.2 Å². The van der Waals surface area contributed by atoms with Gasteiger partial charge in [-0.3, -0.25) is 9.59 Å². The Hall–Kier alpha value is -4.33. The molecule has 1 atom stereocenters. The maximum Gasteiger partial charge on any atom is 0.244 e. The minimum Gasteiger partial charge on any atom is -0.302 e. The Bertz CT molecular complexity index is 1450. The highest BCUT2D eigenvalue weighted by Gasteiger charge is 2.47. The standard InChI is InChI=1S/C33H27O3P/c1-4-24-22-25(5-2)30(26(6-3)23-24)32(34)37(36,29-20-14-9-15-21-29)33(35)31(27-16-10-7-11-17-27)28-18-12-8-13-19-28/h4-23,31H,1-3H2. The average molecular weight is 503 g/mol. The molecule has 0 radical (unpaired) electrons. The summed E-state index contributed by atoms with van der Waals surface area (Å²) >= 11 is 0. The van der Waals surface area contributed by atoms with Crippen LogP contribution in [0.5, 0.6) is 0 Å². The minimum absolute atomic E-state index is 0.163. The lowest BCUT2D eigenvalue weighted by Gasteiger charge is -2.25. The first kappa shape index (κ1) is 25.8. The second-order valence-corrected chi connectivity index (χ2v) is 11.1. The van der Waals surface area contributed by atoms with Crippen LogP contribution in [0.15, 0.2) is 123 Å². The van der Waals surface area contributed by atoms with Gasteiger partial charge in [0.25, 0.3) is 0 Å². The molecular weight excluding hydrogens is 475 g/mol. The van der Waals surface area contributed by atoms with Gasteiger partial charge in [-0.05, 0) is 39.9 Å². The van der Waals surface area contributed by atoms with Crippen molar-refractivity contribution >= 4 is 41.7 Å². The van der Waals surface area contributed by atoms with Crippen LogP contribution in [-0.2, 0) is 9.36 Å². The normalized spacial score (nSPS) is 12.4. The molecular formula is C33H27O3P. The van der Waals surface area contributed by atoms with E-state index in [-0.39, 0.29) is 10.9 Å². The number of hydrogen-bond acceptors (Lipinski definition) is 3. The number of benzene rings is 4. The van der Waals surface area contributed by atoms with Crippen LogP contribution >= 0.6 is 7.14 Å².